The van der Waals surface area contributed by atoms with Crippen LogP contribution in [-0.2, 0) is 13.2 Å². The van der Waals surface area contributed by atoms with Crippen molar-refractivity contribution in [2.45, 2.75) is 13.2 Å². The Kier molecular flexibility index (Phi) is 7.94. The molecule has 0 unspecified atom stereocenters. The number of halogens is 1. The predicted molar refractivity (Wildman–Crippen MR) is 131 cm³/mol. The molecule has 1 fully saturated rings. The fraction of sp³-hybridized carbons (Fsp3) is 0.308. The third kappa shape index (κ3) is 6.15. The zero-order valence-corrected chi connectivity index (χ0v) is 20.4. The summed E-state index contributed by atoms with van der Waals surface area (Å²) >= 11 is 6.13. The van der Waals surface area contributed by atoms with E-state index in [9.17, 15) is 9.59 Å². The smallest absolute Gasteiger partial charge is 0.254 e. The molecule has 1 aliphatic rings. The maximum Gasteiger partial charge on any atom is 0.254 e. The standard InChI is InChI=1S/C26H27ClN2O6/c1-32-20-11-19(12-21(13-20)33-2)26(31)29-9-7-28(8-10-29)15-22-14-24(30)25(17-34-22)35-16-18-5-3-4-6-23(18)27/h3-6,11-14,17H,7-10,15-16H2,1-2H3. The Bertz CT molecular complexity index is 1210. The first-order valence-corrected chi connectivity index (χ1v) is 11.6. The van der Waals surface area contributed by atoms with E-state index >= 15 is 0 Å². The summed E-state index contributed by atoms with van der Waals surface area (Å²) in [6.07, 6.45) is 1.34. The normalized spacial score (nSPS) is 14.0. The molecule has 2 heterocycles. The number of piperazine rings is 1. The molecule has 3 aromatic rings. The summed E-state index contributed by atoms with van der Waals surface area (Å²) in [4.78, 5) is 29.4. The highest BCUT2D eigenvalue weighted by Gasteiger charge is 2.24. The summed E-state index contributed by atoms with van der Waals surface area (Å²) in [6.45, 7) is 3.07. The Balaban J connectivity index is 1.32. The van der Waals surface area contributed by atoms with Gasteiger partial charge in [0.05, 0.1) is 20.8 Å². The maximum absolute atomic E-state index is 13.0. The van der Waals surface area contributed by atoms with Gasteiger partial charge in [-0.25, -0.2) is 0 Å². The van der Waals surface area contributed by atoms with Crippen LogP contribution in [0.4, 0.5) is 0 Å². The van der Waals surface area contributed by atoms with Crippen LogP contribution >= 0.6 is 11.6 Å². The quantitative estimate of drug-likeness (QED) is 0.466. The molecule has 0 spiro atoms. The molecule has 1 aliphatic heterocycles. The van der Waals surface area contributed by atoms with E-state index in [1.807, 2.05) is 18.2 Å². The van der Waals surface area contributed by atoms with Crippen molar-refractivity contribution >= 4 is 17.5 Å². The molecule has 0 atom stereocenters. The van der Waals surface area contributed by atoms with Crippen LogP contribution in [0.2, 0.25) is 5.02 Å². The van der Waals surface area contributed by atoms with Crippen molar-refractivity contribution in [3.05, 3.63) is 86.9 Å². The van der Waals surface area contributed by atoms with Crippen LogP contribution in [0.1, 0.15) is 21.7 Å². The summed E-state index contributed by atoms with van der Waals surface area (Å²) in [6, 6.07) is 13.9. The Labute approximate surface area is 208 Å². The van der Waals surface area contributed by atoms with Crippen LogP contribution in [0, 0.1) is 0 Å². The van der Waals surface area contributed by atoms with Gasteiger partial charge in [0.2, 0.25) is 11.2 Å². The molecule has 8 nitrogen and oxygen atoms in total. The van der Waals surface area contributed by atoms with E-state index in [0.717, 1.165) is 5.56 Å². The number of hydrogen-bond acceptors (Lipinski definition) is 7. The van der Waals surface area contributed by atoms with Crippen molar-refractivity contribution in [1.82, 2.24) is 9.80 Å². The highest BCUT2D eigenvalue weighted by atomic mass is 35.5. The number of ether oxygens (including phenoxy) is 3. The second-order valence-corrected chi connectivity index (χ2v) is 8.53. The van der Waals surface area contributed by atoms with E-state index in [0.29, 0.717) is 60.6 Å². The van der Waals surface area contributed by atoms with Gasteiger partial charge in [-0.2, -0.15) is 0 Å². The van der Waals surface area contributed by atoms with Gasteiger partial charge in [-0.05, 0) is 18.2 Å². The minimum atomic E-state index is -0.251. The highest BCUT2D eigenvalue weighted by molar-refractivity contribution is 6.31. The molecule has 184 valence electrons. The van der Waals surface area contributed by atoms with Gasteiger partial charge in [-0.3, -0.25) is 14.5 Å². The van der Waals surface area contributed by atoms with Crippen molar-refractivity contribution < 1.29 is 23.4 Å². The molecule has 0 bridgehead atoms. The lowest BCUT2D eigenvalue weighted by atomic mass is 10.1. The second kappa shape index (κ2) is 11.3. The number of rotatable bonds is 8. The van der Waals surface area contributed by atoms with Gasteiger partial charge in [0, 0.05) is 54.5 Å². The van der Waals surface area contributed by atoms with Gasteiger partial charge >= 0.3 is 0 Å². The zero-order valence-electron chi connectivity index (χ0n) is 19.7. The number of hydrogen-bond donors (Lipinski definition) is 0. The molecular weight excluding hydrogens is 472 g/mol. The first-order chi connectivity index (χ1) is 17.0. The van der Waals surface area contributed by atoms with E-state index in [4.69, 9.17) is 30.2 Å². The highest BCUT2D eigenvalue weighted by Crippen LogP contribution is 2.24. The molecule has 0 N–H and O–H groups in total. The average molecular weight is 499 g/mol. The number of carbonyl (C=O) groups is 1. The summed E-state index contributed by atoms with van der Waals surface area (Å²) in [7, 11) is 3.11. The van der Waals surface area contributed by atoms with Crippen molar-refractivity contribution in [2.24, 2.45) is 0 Å². The Morgan fingerprint density at radius 3 is 2.31 bits per heavy atom. The molecule has 0 saturated carbocycles. The lowest BCUT2D eigenvalue weighted by Crippen LogP contribution is -2.48. The van der Waals surface area contributed by atoms with E-state index in [1.165, 1.54) is 12.3 Å². The molecule has 1 aromatic heterocycles. The van der Waals surface area contributed by atoms with Crippen LogP contribution in [0.5, 0.6) is 17.2 Å². The zero-order chi connectivity index (χ0) is 24.8. The number of nitrogens with zero attached hydrogens (tertiary/aromatic N) is 2. The third-order valence-electron chi connectivity index (χ3n) is 5.83. The minimum Gasteiger partial charge on any atom is -0.497 e. The third-order valence-corrected chi connectivity index (χ3v) is 6.20. The first-order valence-electron chi connectivity index (χ1n) is 11.2. The van der Waals surface area contributed by atoms with Gasteiger partial charge < -0.3 is 23.5 Å². The Morgan fingerprint density at radius 2 is 1.69 bits per heavy atom. The fourth-order valence-electron chi connectivity index (χ4n) is 3.84. The summed E-state index contributed by atoms with van der Waals surface area (Å²) in [5.41, 5.74) is 1.06. The maximum atomic E-state index is 13.0. The predicted octanol–water partition coefficient (Wildman–Crippen LogP) is 3.85. The van der Waals surface area contributed by atoms with Crippen LogP contribution in [0.25, 0.3) is 0 Å². The van der Waals surface area contributed by atoms with Gasteiger partial charge in [-0.1, -0.05) is 29.8 Å². The van der Waals surface area contributed by atoms with Crippen LogP contribution < -0.4 is 19.6 Å². The Morgan fingerprint density at radius 1 is 1.00 bits per heavy atom. The minimum absolute atomic E-state index is 0.0756. The summed E-state index contributed by atoms with van der Waals surface area (Å²) in [5, 5.41) is 0.580. The van der Waals surface area contributed by atoms with Gasteiger partial charge in [0.15, 0.2) is 0 Å². The summed E-state index contributed by atoms with van der Waals surface area (Å²) < 4.78 is 21.8. The van der Waals surface area contributed by atoms with Crippen molar-refractivity contribution in [3.8, 4) is 17.2 Å². The van der Waals surface area contributed by atoms with Crippen LogP contribution in [-0.4, -0.2) is 56.1 Å². The first kappa shape index (κ1) is 24.6. The van der Waals surface area contributed by atoms with Gasteiger partial charge in [0.1, 0.15) is 30.1 Å². The molecule has 0 aliphatic carbocycles. The SMILES string of the molecule is COc1cc(OC)cc(C(=O)N2CCN(Cc3cc(=O)c(OCc4ccccc4Cl)co3)CC2)c1. The van der Waals surface area contributed by atoms with E-state index in [-0.39, 0.29) is 23.7 Å². The molecule has 4 rings (SSSR count). The number of amides is 1. The number of carbonyl (C=O) groups excluding carboxylic acids is 1. The van der Waals surface area contributed by atoms with E-state index in [2.05, 4.69) is 4.90 Å². The topological polar surface area (TPSA) is 81.5 Å². The van der Waals surface area contributed by atoms with E-state index < -0.39 is 0 Å². The molecule has 1 amide bonds. The van der Waals surface area contributed by atoms with Gasteiger partial charge in [0.25, 0.3) is 5.91 Å². The van der Waals surface area contributed by atoms with Crippen molar-refractivity contribution in [2.75, 3.05) is 40.4 Å². The Hall–Kier alpha value is -3.49. The number of benzene rings is 2. The molecule has 1 saturated heterocycles. The van der Waals surface area contributed by atoms with Gasteiger partial charge in [-0.15, -0.1) is 0 Å². The molecule has 35 heavy (non-hydrogen) atoms. The van der Waals surface area contributed by atoms with Crippen molar-refractivity contribution in [3.63, 3.8) is 0 Å². The molecule has 2 aromatic carbocycles. The second-order valence-electron chi connectivity index (χ2n) is 8.12. The molecule has 0 radical (unpaired) electrons. The van der Waals surface area contributed by atoms with E-state index in [1.54, 1.807) is 43.4 Å². The van der Waals surface area contributed by atoms with Crippen LogP contribution in [0.15, 0.2) is 64.0 Å². The number of methoxy groups -OCH3 is 2. The summed E-state index contributed by atoms with van der Waals surface area (Å²) in [5.74, 6) is 1.74. The monoisotopic (exact) mass is 498 g/mol. The largest absolute Gasteiger partial charge is 0.497 e. The molecular formula is C26H27ClN2O6. The lowest BCUT2D eigenvalue weighted by Gasteiger charge is -2.34. The lowest BCUT2D eigenvalue weighted by molar-refractivity contribution is 0.0618. The molecule has 9 heteroatoms. The van der Waals surface area contributed by atoms with Crippen molar-refractivity contribution in [1.29, 1.82) is 0 Å². The fourth-order valence-corrected chi connectivity index (χ4v) is 4.03. The average Bonchev–Trinajstić information content (AvgIpc) is 2.88. The van der Waals surface area contributed by atoms with Crippen LogP contribution in [0.3, 0.4) is 0 Å².